The Kier molecular flexibility index (Phi) is 4.95. The summed E-state index contributed by atoms with van der Waals surface area (Å²) < 4.78 is 28.2. The van der Waals surface area contributed by atoms with Gasteiger partial charge >= 0.3 is 0 Å². The summed E-state index contributed by atoms with van der Waals surface area (Å²) in [6.07, 6.45) is 4.48. The van der Waals surface area contributed by atoms with Crippen LogP contribution in [0.25, 0.3) is 0 Å². The van der Waals surface area contributed by atoms with Gasteiger partial charge in [0.25, 0.3) is 10.2 Å². The lowest BCUT2D eigenvalue weighted by Crippen LogP contribution is -2.56. The summed E-state index contributed by atoms with van der Waals surface area (Å²) in [6, 6.07) is -0.0909. The third-order valence-electron chi connectivity index (χ3n) is 3.57. The maximum atomic E-state index is 12.1. The molecule has 5 nitrogen and oxygen atoms in total. The van der Waals surface area contributed by atoms with E-state index in [0.717, 1.165) is 19.3 Å². The van der Waals surface area contributed by atoms with Crippen molar-refractivity contribution in [2.24, 2.45) is 0 Å². The molecule has 2 N–H and O–H groups in total. The van der Waals surface area contributed by atoms with E-state index in [1.54, 1.807) is 7.05 Å². The molecule has 0 bridgehead atoms. The second kappa shape index (κ2) is 5.65. The van der Waals surface area contributed by atoms with Crippen LogP contribution in [0.4, 0.5) is 0 Å². The second-order valence-corrected chi connectivity index (χ2v) is 6.95. The largest absolute Gasteiger partial charge is 0.394 e. The van der Waals surface area contributed by atoms with Crippen molar-refractivity contribution in [1.82, 2.24) is 9.03 Å². The van der Waals surface area contributed by atoms with Gasteiger partial charge in [-0.3, -0.25) is 0 Å². The minimum atomic E-state index is -3.51. The summed E-state index contributed by atoms with van der Waals surface area (Å²) in [5, 5.41) is 9.48. The SMILES string of the molecule is CC(C)N(C)S(=O)(=O)NC1(CO)CCCCC1. The highest BCUT2D eigenvalue weighted by Crippen LogP contribution is 2.28. The number of hydrogen-bond donors (Lipinski definition) is 2. The fourth-order valence-corrected chi connectivity index (χ4v) is 3.66. The highest BCUT2D eigenvalue weighted by atomic mass is 32.2. The summed E-state index contributed by atoms with van der Waals surface area (Å²) in [5.74, 6) is 0. The zero-order valence-corrected chi connectivity index (χ0v) is 11.8. The maximum Gasteiger partial charge on any atom is 0.280 e. The van der Waals surface area contributed by atoms with Gasteiger partial charge in [-0.1, -0.05) is 19.3 Å². The molecule has 0 unspecified atom stereocenters. The standard InChI is InChI=1S/C11H24N2O3S/c1-10(2)13(3)17(15,16)12-11(9-14)7-5-4-6-8-11/h10,12,14H,4-9H2,1-3H3. The lowest BCUT2D eigenvalue weighted by molar-refractivity contribution is 0.139. The topological polar surface area (TPSA) is 69.6 Å². The Morgan fingerprint density at radius 2 is 1.82 bits per heavy atom. The number of aliphatic hydroxyl groups excluding tert-OH is 1. The zero-order valence-electron chi connectivity index (χ0n) is 10.9. The summed E-state index contributed by atoms with van der Waals surface area (Å²) in [7, 11) is -1.95. The molecule has 1 rings (SSSR count). The maximum absolute atomic E-state index is 12.1. The van der Waals surface area contributed by atoms with Crippen LogP contribution >= 0.6 is 0 Å². The lowest BCUT2D eigenvalue weighted by Gasteiger charge is -2.37. The van der Waals surface area contributed by atoms with E-state index in [2.05, 4.69) is 4.72 Å². The molecular weight excluding hydrogens is 240 g/mol. The predicted octanol–water partition coefficient (Wildman–Crippen LogP) is 0.856. The summed E-state index contributed by atoms with van der Waals surface area (Å²) in [6.45, 7) is 3.52. The summed E-state index contributed by atoms with van der Waals surface area (Å²) in [4.78, 5) is 0. The number of aliphatic hydroxyl groups is 1. The normalized spacial score (nSPS) is 21.1. The van der Waals surface area contributed by atoms with Gasteiger partial charge in [0.15, 0.2) is 0 Å². The van der Waals surface area contributed by atoms with Gasteiger partial charge < -0.3 is 5.11 Å². The molecule has 0 aliphatic heterocycles. The molecule has 0 heterocycles. The fourth-order valence-electron chi connectivity index (χ4n) is 2.14. The van der Waals surface area contributed by atoms with Crippen molar-refractivity contribution in [3.8, 4) is 0 Å². The molecule has 6 heteroatoms. The van der Waals surface area contributed by atoms with Gasteiger partial charge in [-0.05, 0) is 26.7 Å². The Hall–Kier alpha value is -0.170. The molecule has 0 aromatic heterocycles. The zero-order chi connectivity index (χ0) is 13.1. The van der Waals surface area contributed by atoms with Gasteiger partial charge in [0.1, 0.15) is 0 Å². The van der Waals surface area contributed by atoms with Gasteiger partial charge in [0.05, 0.1) is 12.1 Å². The minimum absolute atomic E-state index is 0.0909. The van der Waals surface area contributed by atoms with Crippen LogP contribution in [0.2, 0.25) is 0 Å². The third-order valence-corrected chi connectivity index (χ3v) is 5.44. The molecular formula is C11H24N2O3S. The minimum Gasteiger partial charge on any atom is -0.394 e. The van der Waals surface area contributed by atoms with Crippen LogP contribution in [0.3, 0.4) is 0 Å². The highest BCUT2D eigenvalue weighted by Gasteiger charge is 2.37. The van der Waals surface area contributed by atoms with Crippen LogP contribution in [-0.4, -0.2) is 43.1 Å². The van der Waals surface area contributed by atoms with Crippen molar-refractivity contribution in [3.63, 3.8) is 0 Å². The van der Waals surface area contributed by atoms with E-state index in [1.165, 1.54) is 4.31 Å². The third kappa shape index (κ3) is 3.64. The second-order valence-electron chi connectivity index (χ2n) is 5.22. The average Bonchev–Trinajstić information content (AvgIpc) is 2.28. The average molecular weight is 264 g/mol. The van der Waals surface area contributed by atoms with E-state index in [0.29, 0.717) is 12.8 Å². The van der Waals surface area contributed by atoms with Crippen molar-refractivity contribution in [2.75, 3.05) is 13.7 Å². The van der Waals surface area contributed by atoms with Gasteiger partial charge in [0.2, 0.25) is 0 Å². The van der Waals surface area contributed by atoms with E-state index in [-0.39, 0.29) is 12.6 Å². The monoisotopic (exact) mass is 264 g/mol. The number of hydrogen-bond acceptors (Lipinski definition) is 3. The van der Waals surface area contributed by atoms with Crippen molar-refractivity contribution < 1.29 is 13.5 Å². The van der Waals surface area contributed by atoms with E-state index >= 15 is 0 Å². The first kappa shape index (κ1) is 14.9. The molecule has 1 fully saturated rings. The molecule has 0 spiro atoms. The van der Waals surface area contributed by atoms with Gasteiger partial charge in [0, 0.05) is 13.1 Å². The Morgan fingerprint density at radius 3 is 2.24 bits per heavy atom. The van der Waals surface area contributed by atoms with Crippen LogP contribution in [0.15, 0.2) is 0 Å². The van der Waals surface area contributed by atoms with Crippen molar-refractivity contribution in [2.45, 2.75) is 57.5 Å². The Morgan fingerprint density at radius 1 is 1.29 bits per heavy atom. The quantitative estimate of drug-likeness (QED) is 0.773. The molecule has 1 aliphatic rings. The molecule has 0 aromatic rings. The van der Waals surface area contributed by atoms with Crippen LogP contribution in [0, 0.1) is 0 Å². The highest BCUT2D eigenvalue weighted by molar-refractivity contribution is 7.87. The fraction of sp³-hybridized carbons (Fsp3) is 1.00. The van der Waals surface area contributed by atoms with E-state index in [1.807, 2.05) is 13.8 Å². The predicted molar refractivity (Wildman–Crippen MR) is 67.9 cm³/mol. The summed E-state index contributed by atoms with van der Waals surface area (Å²) >= 11 is 0. The van der Waals surface area contributed by atoms with Gasteiger partial charge in [-0.25, -0.2) is 0 Å². The molecule has 0 amide bonds. The van der Waals surface area contributed by atoms with Crippen molar-refractivity contribution >= 4 is 10.2 Å². The van der Waals surface area contributed by atoms with Crippen molar-refractivity contribution in [1.29, 1.82) is 0 Å². The smallest absolute Gasteiger partial charge is 0.280 e. The van der Waals surface area contributed by atoms with Crippen LogP contribution in [0.5, 0.6) is 0 Å². The molecule has 17 heavy (non-hydrogen) atoms. The Labute approximate surface area is 104 Å². The van der Waals surface area contributed by atoms with Crippen LogP contribution < -0.4 is 4.72 Å². The first-order valence-corrected chi connectivity index (χ1v) is 7.65. The number of nitrogens with zero attached hydrogens (tertiary/aromatic N) is 1. The lowest BCUT2D eigenvalue weighted by atomic mass is 9.83. The molecule has 0 radical (unpaired) electrons. The van der Waals surface area contributed by atoms with Crippen LogP contribution in [0.1, 0.15) is 46.0 Å². The number of rotatable bonds is 5. The molecule has 0 atom stereocenters. The number of nitrogens with one attached hydrogen (secondary N) is 1. The molecule has 0 aromatic carbocycles. The molecule has 1 saturated carbocycles. The van der Waals surface area contributed by atoms with Crippen LogP contribution in [-0.2, 0) is 10.2 Å². The Bertz CT molecular complexity index is 335. The van der Waals surface area contributed by atoms with E-state index in [9.17, 15) is 13.5 Å². The van der Waals surface area contributed by atoms with Gasteiger partial charge in [-0.15, -0.1) is 0 Å². The Balaban J connectivity index is 2.80. The molecule has 0 saturated heterocycles. The molecule has 1 aliphatic carbocycles. The first-order valence-electron chi connectivity index (χ1n) is 6.21. The first-order chi connectivity index (χ1) is 7.83. The molecule has 102 valence electrons. The van der Waals surface area contributed by atoms with Gasteiger partial charge in [-0.2, -0.15) is 17.4 Å². The summed E-state index contributed by atoms with van der Waals surface area (Å²) in [5.41, 5.74) is -0.653. The van der Waals surface area contributed by atoms with E-state index < -0.39 is 15.7 Å². The van der Waals surface area contributed by atoms with E-state index in [4.69, 9.17) is 0 Å². The van der Waals surface area contributed by atoms with Crippen molar-refractivity contribution in [3.05, 3.63) is 0 Å².